The summed E-state index contributed by atoms with van der Waals surface area (Å²) in [6.07, 6.45) is 1.08. The molecule has 38 heavy (non-hydrogen) atoms. The summed E-state index contributed by atoms with van der Waals surface area (Å²) in [5.74, 6) is -0.606. The maximum absolute atomic E-state index is 15.0. The second-order valence-corrected chi connectivity index (χ2v) is 9.64. The number of aliphatic hydroxyl groups excluding tert-OH is 1. The summed E-state index contributed by atoms with van der Waals surface area (Å²) in [5, 5.41) is 22.5. The van der Waals surface area contributed by atoms with Gasteiger partial charge in [-0.25, -0.2) is 9.37 Å². The molecule has 2 aliphatic heterocycles. The van der Waals surface area contributed by atoms with Crippen molar-refractivity contribution in [2.75, 3.05) is 19.8 Å². The molecule has 0 spiro atoms. The summed E-state index contributed by atoms with van der Waals surface area (Å²) in [7, 11) is 0. The summed E-state index contributed by atoms with van der Waals surface area (Å²) in [6, 6.07) is 12.4. The molecular weight excluding hydrogens is 491 g/mol. The molecule has 0 bridgehead atoms. The fraction of sp³-hybridized carbons (Fsp3) is 0.345. The van der Waals surface area contributed by atoms with Gasteiger partial charge < -0.3 is 25.0 Å². The van der Waals surface area contributed by atoms with Gasteiger partial charge in [-0.3, -0.25) is 9.59 Å². The summed E-state index contributed by atoms with van der Waals surface area (Å²) < 4.78 is 26.0. The lowest BCUT2D eigenvalue weighted by Crippen LogP contribution is -2.48. The molecule has 3 aromatic rings. The Bertz CT molecular complexity index is 1360. The van der Waals surface area contributed by atoms with Crippen LogP contribution in [0.5, 0.6) is 11.5 Å². The molecule has 198 valence electrons. The van der Waals surface area contributed by atoms with E-state index in [2.05, 4.69) is 10.3 Å². The Morgan fingerprint density at radius 3 is 2.76 bits per heavy atom. The van der Waals surface area contributed by atoms with E-state index in [0.29, 0.717) is 61.5 Å². The number of pyridine rings is 1. The summed E-state index contributed by atoms with van der Waals surface area (Å²) in [6.45, 7) is 1.07. The van der Waals surface area contributed by atoms with Gasteiger partial charge in [0.15, 0.2) is 5.78 Å². The number of aromatic nitrogens is 1. The van der Waals surface area contributed by atoms with Crippen molar-refractivity contribution in [3.8, 4) is 11.5 Å². The highest BCUT2D eigenvalue weighted by molar-refractivity contribution is 5.96. The molecule has 0 aliphatic carbocycles. The fourth-order valence-electron chi connectivity index (χ4n) is 4.84. The summed E-state index contributed by atoms with van der Waals surface area (Å²) >= 11 is 0. The lowest BCUT2D eigenvalue weighted by atomic mass is 9.98. The third-order valence-corrected chi connectivity index (χ3v) is 6.86. The number of aromatic hydroxyl groups is 1. The molecule has 1 amide bonds. The minimum atomic E-state index is -0.783. The summed E-state index contributed by atoms with van der Waals surface area (Å²) in [4.78, 5) is 30.1. The number of rotatable bonds is 8. The lowest BCUT2D eigenvalue weighted by molar-refractivity contribution is -0.0261. The number of amides is 1. The third-order valence-electron chi connectivity index (χ3n) is 6.86. The Morgan fingerprint density at radius 2 is 1.97 bits per heavy atom. The largest absolute Gasteiger partial charge is 0.508 e. The number of benzene rings is 2. The minimum Gasteiger partial charge on any atom is -0.508 e. The Morgan fingerprint density at radius 1 is 1.11 bits per heavy atom. The predicted octanol–water partition coefficient (Wildman–Crippen LogP) is 3.15. The second kappa shape index (κ2) is 11.3. The third kappa shape index (κ3) is 5.84. The average Bonchev–Trinajstić information content (AvgIpc) is 3.38. The van der Waals surface area contributed by atoms with Gasteiger partial charge in [-0.2, -0.15) is 0 Å². The smallest absolute Gasteiger partial charge is 0.270 e. The molecule has 2 aromatic carbocycles. The van der Waals surface area contributed by atoms with Gasteiger partial charge in [-0.15, -0.1) is 0 Å². The molecule has 3 heterocycles. The van der Waals surface area contributed by atoms with E-state index in [1.807, 2.05) is 6.07 Å². The highest BCUT2D eigenvalue weighted by atomic mass is 19.1. The van der Waals surface area contributed by atoms with Crippen LogP contribution < -0.4 is 10.1 Å². The van der Waals surface area contributed by atoms with Crippen LogP contribution in [0.3, 0.4) is 0 Å². The number of Topliss-reactive ketones (excluding diaryl/α,β-unsaturated/α-hetero) is 1. The SMILES string of the molecule is O=C(N[C@H]1CCOC[C@@H]1O)c1cc(Cc2ccc(C(=O)CCc3cccc(O)c3)c(F)c2)c2c(n1)CCO2. The zero-order chi connectivity index (χ0) is 26.6. The number of hydrogen-bond acceptors (Lipinski definition) is 7. The van der Waals surface area contributed by atoms with Gasteiger partial charge in [-0.05, 0) is 54.3 Å². The number of carbonyl (C=O) groups excluding carboxylic acids is 2. The maximum atomic E-state index is 15.0. The molecule has 0 unspecified atom stereocenters. The first-order valence-corrected chi connectivity index (χ1v) is 12.7. The summed E-state index contributed by atoms with van der Waals surface area (Å²) in [5.41, 5.74) is 3.02. The van der Waals surface area contributed by atoms with Crippen LogP contribution in [0.4, 0.5) is 4.39 Å². The van der Waals surface area contributed by atoms with Crippen molar-refractivity contribution in [3.63, 3.8) is 0 Å². The minimum absolute atomic E-state index is 0.0141. The molecule has 2 atom stereocenters. The number of carbonyl (C=O) groups is 2. The molecule has 9 heteroatoms. The highest BCUT2D eigenvalue weighted by Gasteiger charge is 2.28. The van der Waals surface area contributed by atoms with Gasteiger partial charge in [0.05, 0.1) is 36.6 Å². The molecule has 3 N–H and O–H groups in total. The molecule has 8 nitrogen and oxygen atoms in total. The van der Waals surface area contributed by atoms with E-state index in [9.17, 15) is 24.2 Å². The van der Waals surface area contributed by atoms with Gasteiger partial charge in [0.1, 0.15) is 23.0 Å². The standard InChI is InChI=1S/C29H29FN2O6/c30-22-14-18(4-6-21(22)26(34)7-5-17-2-1-3-20(33)13-17)12-19-15-25(31-24-9-11-38-28(19)24)29(36)32-23-8-10-37-16-27(23)35/h1-4,6,13-15,23,27,33,35H,5,7-12,16H2,(H,32,36)/t23-,27-/m0/s1. The average molecular weight is 521 g/mol. The van der Waals surface area contributed by atoms with Crippen molar-refractivity contribution in [1.29, 1.82) is 0 Å². The molecule has 5 rings (SSSR count). The van der Waals surface area contributed by atoms with Crippen LogP contribution in [-0.2, 0) is 24.0 Å². The van der Waals surface area contributed by atoms with Gasteiger partial charge in [0.2, 0.25) is 0 Å². The number of phenolic OH excluding ortho intramolecular Hbond substituents is 1. The fourth-order valence-corrected chi connectivity index (χ4v) is 4.84. The van der Waals surface area contributed by atoms with E-state index in [-0.39, 0.29) is 35.8 Å². The van der Waals surface area contributed by atoms with Crippen molar-refractivity contribution in [2.24, 2.45) is 0 Å². The Hall–Kier alpha value is -3.82. The quantitative estimate of drug-likeness (QED) is 0.391. The maximum Gasteiger partial charge on any atom is 0.270 e. The lowest BCUT2D eigenvalue weighted by Gasteiger charge is -2.28. The van der Waals surface area contributed by atoms with Crippen LogP contribution in [-0.4, -0.2) is 58.9 Å². The number of nitrogens with one attached hydrogen (secondary N) is 1. The van der Waals surface area contributed by atoms with Crippen LogP contribution in [0.15, 0.2) is 48.5 Å². The Kier molecular flexibility index (Phi) is 7.67. The van der Waals surface area contributed by atoms with Crippen molar-refractivity contribution < 1.29 is 33.7 Å². The van der Waals surface area contributed by atoms with Crippen LogP contribution in [0.2, 0.25) is 0 Å². The van der Waals surface area contributed by atoms with Crippen molar-refractivity contribution in [2.45, 2.75) is 44.2 Å². The zero-order valence-electron chi connectivity index (χ0n) is 20.8. The van der Waals surface area contributed by atoms with Gasteiger partial charge in [0, 0.05) is 31.4 Å². The Balaban J connectivity index is 1.30. The zero-order valence-corrected chi connectivity index (χ0v) is 20.8. The highest BCUT2D eigenvalue weighted by Crippen LogP contribution is 2.31. The van der Waals surface area contributed by atoms with E-state index in [1.54, 1.807) is 30.3 Å². The van der Waals surface area contributed by atoms with Crippen molar-refractivity contribution in [3.05, 3.63) is 88.0 Å². The first-order valence-electron chi connectivity index (χ1n) is 12.7. The van der Waals surface area contributed by atoms with Gasteiger partial charge in [-0.1, -0.05) is 18.2 Å². The number of phenols is 1. The molecule has 0 saturated carbocycles. The predicted molar refractivity (Wildman–Crippen MR) is 136 cm³/mol. The number of aryl methyl sites for hydroxylation is 1. The molecule has 1 aromatic heterocycles. The molecule has 0 radical (unpaired) electrons. The van der Waals surface area contributed by atoms with E-state index in [4.69, 9.17) is 9.47 Å². The number of aliphatic hydroxyl groups is 1. The van der Waals surface area contributed by atoms with Crippen molar-refractivity contribution >= 4 is 11.7 Å². The number of ether oxygens (including phenoxy) is 2. The van der Waals surface area contributed by atoms with Gasteiger partial charge >= 0.3 is 0 Å². The number of ketones is 1. The normalized spacial score (nSPS) is 18.5. The van der Waals surface area contributed by atoms with E-state index in [1.165, 1.54) is 12.1 Å². The Labute approximate surface area is 219 Å². The number of halogens is 1. The van der Waals surface area contributed by atoms with Crippen LogP contribution in [0, 0.1) is 5.82 Å². The molecule has 1 fully saturated rings. The van der Waals surface area contributed by atoms with Crippen LogP contribution in [0.1, 0.15) is 56.1 Å². The van der Waals surface area contributed by atoms with E-state index >= 15 is 0 Å². The number of fused-ring (bicyclic) bond motifs is 1. The van der Waals surface area contributed by atoms with Crippen molar-refractivity contribution in [1.82, 2.24) is 10.3 Å². The van der Waals surface area contributed by atoms with E-state index < -0.39 is 23.9 Å². The number of nitrogens with zero attached hydrogens (tertiary/aromatic N) is 1. The first kappa shape index (κ1) is 25.8. The topological polar surface area (TPSA) is 118 Å². The monoisotopic (exact) mass is 520 g/mol. The van der Waals surface area contributed by atoms with E-state index in [0.717, 1.165) is 5.56 Å². The first-order chi connectivity index (χ1) is 18.4. The van der Waals surface area contributed by atoms with Gasteiger partial charge in [0.25, 0.3) is 5.91 Å². The molecule has 1 saturated heterocycles. The molecular formula is C29H29FN2O6. The van der Waals surface area contributed by atoms with Crippen LogP contribution >= 0.6 is 0 Å². The second-order valence-electron chi connectivity index (χ2n) is 9.64. The number of hydrogen-bond donors (Lipinski definition) is 3. The molecule has 2 aliphatic rings. The van der Waals surface area contributed by atoms with Crippen LogP contribution in [0.25, 0.3) is 0 Å².